The molecule has 0 aliphatic heterocycles. The smallest absolute Gasteiger partial charge is 0.383 e. The van der Waals surface area contributed by atoms with Crippen molar-refractivity contribution in [3.63, 3.8) is 0 Å². The van der Waals surface area contributed by atoms with Crippen LogP contribution in [0, 0.1) is 3.57 Å². The zero-order chi connectivity index (χ0) is 19.8. The Morgan fingerprint density at radius 1 is 1.19 bits per heavy atom. The number of carbonyl (C=O) groups excluding carboxylic acids is 1. The molecular formula is C17H13F3IN5O. The topological polar surface area (TPSA) is 85.8 Å². The maximum absolute atomic E-state index is 12.8. The van der Waals surface area contributed by atoms with Crippen LogP contribution in [0.5, 0.6) is 0 Å². The highest BCUT2D eigenvalue weighted by Crippen LogP contribution is 2.32. The Balaban J connectivity index is 1.86. The monoisotopic (exact) mass is 487 g/mol. The Labute approximate surface area is 165 Å². The predicted molar refractivity (Wildman–Crippen MR) is 103 cm³/mol. The number of pyridine rings is 1. The number of halogens is 4. The van der Waals surface area contributed by atoms with E-state index < -0.39 is 17.8 Å². The molecule has 0 fully saturated rings. The number of nitrogens with one attached hydrogen (secondary N) is 1. The zero-order valence-electron chi connectivity index (χ0n) is 13.9. The number of amides is 1. The average Bonchev–Trinajstić information content (AvgIpc) is 2.99. The van der Waals surface area contributed by atoms with Gasteiger partial charge in [-0.1, -0.05) is 0 Å². The van der Waals surface area contributed by atoms with Gasteiger partial charge in [-0.2, -0.15) is 18.3 Å². The van der Waals surface area contributed by atoms with Crippen LogP contribution >= 0.6 is 22.6 Å². The number of rotatable bonds is 3. The number of alkyl halides is 3. The Hall–Kier alpha value is -2.63. The van der Waals surface area contributed by atoms with Crippen LogP contribution in [0.1, 0.15) is 16.2 Å². The molecular weight excluding hydrogens is 474 g/mol. The van der Waals surface area contributed by atoms with Crippen LogP contribution in [0.4, 0.5) is 24.7 Å². The van der Waals surface area contributed by atoms with Gasteiger partial charge in [0.2, 0.25) is 0 Å². The fourth-order valence-corrected chi connectivity index (χ4v) is 2.76. The Kier molecular flexibility index (Phi) is 5.09. The number of nitrogens with zero attached hydrogens (tertiary/aromatic N) is 3. The quantitative estimate of drug-likeness (QED) is 0.549. The number of nitrogens with two attached hydrogens (primary N) is 1. The van der Waals surface area contributed by atoms with Crippen LogP contribution < -0.4 is 11.1 Å². The van der Waals surface area contributed by atoms with Crippen molar-refractivity contribution >= 4 is 40.0 Å². The normalized spacial score (nSPS) is 11.4. The SMILES string of the molecule is Cn1nc(C(F)(F)F)cc1-c1ccc(C(=O)Nc2ccc(I)cc2)nc1N. The molecule has 0 saturated carbocycles. The maximum Gasteiger partial charge on any atom is 0.435 e. The summed E-state index contributed by atoms with van der Waals surface area (Å²) in [6.45, 7) is 0. The summed E-state index contributed by atoms with van der Waals surface area (Å²) >= 11 is 2.15. The third-order valence-electron chi connectivity index (χ3n) is 3.71. The van der Waals surface area contributed by atoms with Crippen LogP contribution in [0.25, 0.3) is 11.3 Å². The minimum atomic E-state index is -4.56. The summed E-state index contributed by atoms with van der Waals surface area (Å²) in [7, 11) is 1.38. The fourth-order valence-electron chi connectivity index (χ4n) is 2.40. The van der Waals surface area contributed by atoms with Crippen molar-refractivity contribution in [3.8, 4) is 11.3 Å². The standard InChI is InChI=1S/C17H13F3IN5O/c1-26-13(8-14(25-26)17(18,19)20)11-6-7-12(24-15(11)22)16(27)23-10-4-2-9(21)3-5-10/h2-8H,1H3,(H2,22,24)(H,23,27). The summed E-state index contributed by atoms with van der Waals surface area (Å²) in [4.78, 5) is 16.3. The lowest BCUT2D eigenvalue weighted by atomic mass is 10.1. The fraction of sp³-hybridized carbons (Fsp3) is 0.118. The van der Waals surface area contributed by atoms with Crippen molar-refractivity contribution in [1.29, 1.82) is 0 Å². The second-order valence-corrected chi connectivity index (χ2v) is 6.87. The summed E-state index contributed by atoms with van der Waals surface area (Å²) < 4.78 is 40.6. The van der Waals surface area contributed by atoms with E-state index in [0.717, 1.165) is 14.3 Å². The van der Waals surface area contributed by atoms with E-state index in [1.165, 1.54) is 19.2 Å². The van der Waals surface area contributed by atoms with Gasteiger partial charge in [-0.15, -0.1) is 0 Å². The number of aryl methyl sites for hydroxylation is 1. The van der Waals surface area contributed by atoms with Gasteiger partial charge in [-0.05, 0) is 65.1 Å². The molecule has 0 aliphatic carbocycles. The average molecular weight is 487 g/mol. The van der Waals surface area contributed by atoms with E-state index in [4.69, 9.17) is 5.73 Å². The first-order chi connectivity index (χ1) is 12.6. The lowest BCUT2D eigenvalue weighted by molar-refractivity contribution is -0.141. The minimum Gasteiger partial charge on any atom is -0.383 e. The Bertz CT molecular complexity index is 999. The van der Waals surface area contributed by atoms with Crippen molar-refractivity contribution in [3.05, 3.63) is 57.4 Å². The third kappa shape index (κ3) is 4.21. The number of nitrogen functional groups attached to an aromatic ring is 1. The molecule has 1 amide bonds. The van der Waals surface area contributed by atoms with Crippen LogP contribution in [0.2, 0.25) is 0 Å². The minimum absolute atomic E-state index is 0.0491. The number of anilines is 2. The van der Waals surface area contributed by atoms with Crippen molar-refractivity contribution in [1.82, 2.24) is 14.8 Å². The lowest BCUT2D eigenvalue weighted by Crippen LogP contribution is -2.14. The van der Waals surface area contributed by atoms with E-state index in [9.17, 15) is 18.0 Å². The predicted octanol–water partition coefficient (Wildman–Crippen LogP) is 3.94. The van der Waals surface area contributed by atoms with Crippen molar-refractivity contribution in [2.45, 2.75) is 6.18 Å². The molecule has 27 heavy (non-hydrogen) atoms. The van der Waals surface area contributed by atoms with Gasteiger partial charge in [0.15, 0.2) is 5.69 Å². The first-order valence-electron chi connectivity index (χ1n) is 7.60. The van der Waals surface area contributed by atoms with Gasteiger partial charge in [-0.25, -0.2) is 4.98 Å². The highest BCUT2D eigenvalue weighted by molar-refractivity contribution is 14.1. The molecule has 3 aromatic rings. The molecule has 0 spiro atoms. The summed E-state index contributed by atoms with van der Waals surface area (Å²) in [5.41, 5.74) is 5.89. The molecule has 1 aromatic carbocycles. The first-order valence-corrected chi connectivity index (χ1v) is 8.68. The molecule has 0 unspecified atom stereocenters. The van der Waals surface area contributed by atoms with Crippen LogP contribution in [-0.2, 0) is 13.2 Å². The zero-order valence-corrected chi connectivity index (χ0v) is 16.0. The molecule has 6 nitrogen and oxygen atoms in total. The van der Waals surface area contributed by atoms with Crippen LogP contribution in [0.15, 0.2) is 42.5 Å². The summed E-state index contributed by atoms with van der Waals surface area (Å²) in [5.74, 6) is -0.544. The van der Waals surface area contributed by atoms with E-state index in [2.05, 4.69) is 38.0 Å². The van der Waals surface area contributed by atoms with Gasteiger partial charge < -0.3 is 11.1 Å². The van der Waals surface area contributed by atoms with E-state index in [0.29, 0.717) is 5.69 Å². The van der Waals surface area contributed by atoms with Gasteiger partial charge >= 0.3 is 6.18 Å². The molecule has 140 valence electrons. The molecule has 0 saturated heterocycles. The Morgan fingerprint density at radius 2 is 1.85 bits per heavy atom. The van der Waals surface area contributed by atoms with Gasteiger partial charge in [0.25, 0.3) is 5.91 Å². The molecule has 3 N–H and O–H groups in total. The van der Waals surface area contributed by atoms with Gasteiger partial charge in [0.05, 0.1) is 5.69 Å². The van der Waals surface area contributed by atoms with E-state index in [-0.39, 0.29) is 22.8 Å². The molecule has 2 aromatic heterocycles. The number of aromatic nitrogens is 3. The second kappa shape index (κ2) is 7.18. The summed E-state index contributed by atoms with van der Waals surface area (Å²) in [6.07, 6.45) is -4.56. The maximum atomic E-state index is 12.8. The van der Waals surface area contributed by atoms with E-state index >= 15 is 0 Å². The van der Waals surface area contributed by atoms with Gasteiger partial charge in [0.1, 0.15) is 11.5 Å². The number of benzene rings is 1. The van der Waals surface area contributed by atoms with Gasteiger partial charge in [0, 0.05) is 21.9 Å². The van der Waals surface area contributed by atoms with Crippen LogP contribution in [-0.4, -0.2) is 20.7 Å². The first kappa shape index (κ1) is 19.1. The molecule has 0 aliphatic rings. The Morgan fingerprint density at radius 3 is 2.41 bits per heavy atom. The second-order valence-electron chi connectivity index (χ2n) is 5.63. The molecule has 0 radical (unpaired) electrons. The van der Waals surface area contributed by atoms with E-state index in [1.807, 2.05) is 12.1 Å². The molecule has 10 heteroatoms. The largest absolute Gasteiger partial charge is 0.435 e. The molecule has 2 heterocycles. The van der Waals surface area contributed by atoms with E-state index in [1.54, 1.807) is 12.1 Å². The van der Waals surface area contributed by atoms with Crippen molar-refractivity contribution < 1.29 is 18.0 Å². The van der Waals surface area contributed by atoms with Crippen molar-refractivity contribution in [2.75, 3.05) is 11.1 Å². The van der Waals surface area contributed by atoms with Crippen molar-refractivity contribution in [2.24, 2.45) is 7.05 Å². The summed E-state index contributed by atoms with van der Waals surface area (Å²) in [5, 5.41) is 6.13. The number of hydrogen-bond acceptors (Lipinski definition) is 4. The highest BCUT2D eigenvalue weighted by atomic mass is 127. The third-order valence-corrected chi connectivity index (χ3v) is 4.42. The van der Waals surface area contributed by atoms with Gasteiger partial charge in [-0.3, -0.25) is 9.48 Å². The molecule has 0 bridgehead atoms. The lowest BCUT2D eigenvalue weighted by Gasteiger charge is -2.08. The highest BCUT2D eigenvalue weighted by Gasteiger charge is 2.35. The number of carbonyl (C=O) groups is 1. The number of hydrogen-bond donors (Lipinski definition) is 2. The summed E-state index contributed by atoms with van der Waals surface area (Å²) in [6, 6.07) is 10.9. The molecule has 3 rings (SSSR count). The molecule has 0 atom stereocenters. The van der Waals surface area contributed by atoms with Crippen LogP contribution in [0.3, 0.4) is 0 Å².